The molecule has 2 aromatic heterocycles. The molecule has 0 aliphatic heterocycles. The van der Waals surface area contributed by atoms with Gasteiger partial charge >= 0.3 is 18.2 Å². The number of amides is 1. The maximum Gasteiger partial charge on any atom is 0.419 e. The fourth-order valence-electron chi connectivity index (χ4n) is 6.48. The molecule has 2 unspecified atom stereocenters. The minimum absolute atomic E-state index is 0.0870. The lowest BCUT2D eigenvalue weighted by Gasteiger charge is -2.21. The number of benzene rings is 3. The van der Waals surface area contributed by atoms with Gasteiger partial charge in [-0.25, -0.2) is 19.1 Å². The van der Waals surface area contributed by atoms with E-state index in [2.05, 4.69) is 33.0 Å². The molecular weight excluding hydrogens is 624 g/mol. The van der Waals surface area contributed by atoms with E-state index in [0.29, 0.717) is 23.9 Å². The van der Waals surface area contributed by atoms with Crippen LogP contribution in [0.25, 0.3) is 22.0 Å². The number of nitrogens with one attached hydrogen (secondary N) is 1. The van der Waals surface area contributed by atoms with Gasteiger partial charge in [-0.05, 0) is 71.5 Å². The summed E-state index contributed by atoms with van der Waals surface area (Å²) in [6.45, 7) is 7.44. The average molecular weight is 665 g/mol. The summed E-state index contributed by atoms with van der Waals surface area (Å²) in [4.78, 5) is 39.3. The Hall–Kier alpha value is -5.52. The standard InChI is InChI=1S/C37H40N6O6/c1-5-6-18-32(34(44)45)43-33(39-40-41-43)30(20-23-21-42(36(47)49-37(2,3)4)31-19-12-11-13-24(23)31)38-35(46)48-22-29-27-16-9-7-14-25(27)26-15-8-10-17-28(26)29/h7-17,19,21,29-30,32H,5-6,18,20,22H2,1-4H3,(H,38,46)(H,44,45). The highest BCUT2D eigenvalue weighted by atomic mass is 16.6. The minimum Gasteiger partial charge on any atom is -0.480 e. The van der Waals surface area contributed by atoms with Crippen molar-refractivity contribution in [3.05, 3.63) is 102 Å². The first-order valence-corrected chi connectivity index (χ1v) is 16.5. The van der Waals surface area contributed by atoms with Gasteiger partial charge in [0.05, 0.1) is 11.6 Å². The lowest BCUT2D eigenvalue weighted by Crippen LogP contribution is -2.35. The highest BCUT2D eigenvalue weighted by Crippen LogP contribution is 2.44. The number of carboxylic acid groups (broad SMARTS) is 1. The maximum atomic E-state index is 13.6. The zero-order chi connectivity index (χ0) is 34.7. The van der Waals surface area contributed by atoms with E-state index in [0.717, 1.165) is 34.1 Å². The number of aliphatic carboxylic acids is 1. The Bertz CT molecular complexity index is 1950. The van der Waals surface area contributed by atoms with Crippen LogP contribution in [0.5, 0.6) is 0 Å². The molecule has 0 saturated carbocycles. The lowest BCUT2D eigenvalue weighted by atomic mass is 9.98. The molecule has 0 bridgehead atoms. The molecule has 1 aliphatic carbocycles. The molecule has 12 heteroatoms. The molecule has 6 rings (SSSR count). The van der Waals surface area contributed by atoms with Crippen LogP contribution in [0.2, 0.25) is 0 Å². The van der Waals surface area contributed by atoms with Crippen molar-refractivity contribution in [2.75, 3.05) is 6.61 Å². The summed E-state index contributed by atoms with van der Waals surface area (Å²) >= 11 is 0. The maximum absolute atomic E-state index is 13.6. The Morgan fingerprint density at radius 3 is 2.27 bits per heavy atom. The molecule has 3 aromatic carbocycles. The molecule has 0 radical (unpaired) electrons. The average Bonchev–Trinajstić information content (AvgIpc) is 3.78. The third-order valence-corrected chi connectivity index (χ3v) is 8.69. The Morgan fingerprint density at radius 1 is 0.959 bits per heavy atom. The normalized spacial score (nSPS) is 13.8. The Kier molecular flexibility index (Phi) is 9.48. The zero-order valence-electron chi connectivity index (χ0n) is 28.0. The van der Waals surface area contributed by atoms with E-state index >= 15 is 0 Å². The van der Waals surface area contributed by atoms with Crippen molar-refractivity contribution in [1.82, 2.24) is 30.1 Å². The number of aromatic nitrogens is 5. The van der Waals surface area contributed by atoms with Gasteiger partial charge < -0.3 is 19.9 Å². The van der Waals surface area contributed by atoms with E-state index in [1.807, 2.05) is 67.6 Å². The first-order chi connectivity index (χ1) is 23.6. The largest absolute Gasteiger partial charge is 0.480 e. The van der Waals surface area contributed by atoms with Crippen molar-refractivity contribution < 1.29 is 29.0 Å². The van der Waals surface area contributed by atoms with E-state index in [4.69, 9.17) is 9.47 Å². The summed E-state index contributed by atoms with van der Waals surface area (Å²) < 4.78 is 14.2. The Morgan fingerprint density at radius 2 is 1.61 bits per heavy atom. The molecule has 254 valence electrons. The summed E-state index contributed by atoms with van der Waals surface area (Å²) in [5.74, 6) is -1.08. The number of fused-ring (bicyclic) bond motifs is 4. The van der Waals surface area contributed by atoms with E-state index in [1.165, 1.54) is 9.25 Å². The predicted octanol–water partition coefficient (Wildman–Crippen LogP) is 7.05. The van der Waals surface area contributed by atoms with Crippen LogP contribution < -0.4 is 5.32 Å². The van der Waals surface area contributed by atoms with Gasteiger partial charge in [0.25, 0.3) is 0 Å². The fourth-order valence-corrected chi connectivity index (χ4v) is 6.48. The van der Waals surface area contributed by atoms with Crippen molar-refractivity contribution in [2.45, 2.75) is 77.0 Å². The van der Waals surface area contributed by atoms with Gasteiger partial charge in [-0.3, -0.25) is 4.57 Å². The van der Waals surface area contributed by atoms with Crippen molar-refractivity contribution in [3.8, 4) is 11.1 Å². The molecule has 1 aliphatic rings. The van der Waals surface area contributed by atoms with Crippen LogP contribution in [0.15, 0.2) is 79.0 Å². The number of unbranched alkanes of at least 4 members (excludes halogenated alkanes) is 1. The third-order valence-electron chi connectivity index (χ3n) is 8.69. The summed E-state index contributed by atoms with van der Waals surface area (Å²) in [6.07, 6.45) is 2.27. The van der Waals surface area contributed by atoms with Crippen molar-refractivity contribution in [1.29, 1.82) is 0 Å². The van der Waals surface area contributed by atoms with Gasteiger partial charge in [-0.1, -0.05) is 86.5 Å². The molecular formula is C37H40N6O6. The molecule has 2 atom stereocenters. The van der Waals surface area contributed by atoms with Gasteiger partial charge in [0.1, 0.15) is 12.2 Å². The van der Waals surface area contributed by atoms with Crippen LogP contribution in [0, 0.1) is 0 Å². The second kappa shape index (κ2) is 13.9. The summed E-state index contributed by atoms with van der Waals surface area (Å²) in [5.41, 5.74) is 4.97. The molecule has 1 amide bonds. The van der Waals surface area contributed by atoms with Crippen LogP contribution in [-0.4, -0.2) is 60.2 Å². The number of hydrogen-bond donors (Lipinski definition) is 2. The van der Waals surface area contributed by atoms with E-state index in [-0.39, 0.29) is 24.8 Å². The summed E-state index contributed by atoms with van der Waals surface area (Å²) in [6, 6.07) is 21.6. The highest BCUT2D eigenvalue weighted by molar-refractivity contribution is 5.92. The van der Waals surface area contributed by atoms with Gasteiger partial charge in [0.2, 0.25) is 0 Å². The van der Waals surface area contributed by atoms with Gasteiger partial charge in [0.15, 0.2) is 11.9 Å². The van der Waals surface area contributed by atoms with Crippen LogP contribution in [0.3, 0.4) is 0 Å². The monoisotopic (exact) mass is 664 g/mol. The van der Waals surface area contributed by atoms with Crippen LogP contribution in [0.1, 0.15) is 87.5 Å². The fraction of sp³-hybridized carbons (Fsp3) is 0.351. The van der Waals surface area contributed by atoms with Crippen molar-refractivity contribution >= 4 is 29.1 Å². The molecule has 12 nitrogen and oxygen atoms in total. The number of nitrogens with zero attached hydrogens (tertiary/aromatic N) is 5. The summed E-state index contributed by atoms with van der Waals surface area (Å²) in [5, 5.41) is 25.9. The number of hydrogen-bond acceptors (Lipinski definition) is 8. The van der Waals surface area contributed by atoms with Gasteiger partial charge in [-0.15, -0.1) is 5.10 Å². The second-order valence-corrected chi connectivity index (χ2v) is 13.2. The van der Waals surface area contributed by atoms with E-state index < -0.39 is 35.8 Å². The molecule has 0 spiro atoms. The molecule has 2 N–H and O–H groups in total. The van der Waals surface area contributed by atoms with Crippen LogP contribution in [0.4, 0.5) is 9.59 Å². The smallest absolute Gasteiger partial charge is 0.419 e. The van der Waals surface area contributed by atoms with Crippen LogP contribution >= 0.6 is 0 Å². The summed E-state index contributed by atoms with van der Waals surface area (Å²) in [7, 11) is 0. The van der Waals surface area contributed by atoms with E-state index in [9.17, 15) is 19.5 Å². The number of tetrazole rings is 1. The lowest BCUT2D eigenvalue weighted by molar-refractivity contribution is -0.141. The van der Waals surface area contributed by atoms with Crippen molar-refractivity contribution in [3.63, 3.8) is 0 Å². The van der Waals surface area contributed by atoms with Crippen LogP contribution in [-0.2, 0) is 20.7 Å². The molecule has 0 saturated heterocycles. The van der Waals surface area contributed by atoms with E-state index in [1.54, 1.807) is 27.0 Å². The number of rotatable bonds is 11. The number of carboxylic acids is 1. The number of alkyl carbamates (subject to hydrolysis) is 1. The highest BCUT2D eigenvalue weighted by Gasteiger charge is 2.33. The topological polar surface area (TPSA) is 150 Å². The third kappa shape index (κ3) is 7.03. The second-order valence-electron chi connectivity index (χ2n) is 13.2. The number of carbonyl (C=O) groups excluding carboxylic acids is 2. The quantitative estimate of drug-likeness (QED) is 0.151. The predicted molar refractivity (Wildman–Crippen MR) is 182 cm³/mol. The number of para-hydroxylation sites is 1. The zero-order valence-corrected chi connectivity index (χ0v) is 28.0. The van der Waals surface area contributed by atoms with Gasteiger partial charge in [-0.2, -0.15) is 0 Å². The van der Waals surface area contributed by atoms with Crippen molar-refractivity contribution in [2.24, 2.45) is 0 Å². The SMILES string of the molecule is CCCCC(C(=O)O)n1nnnc1C(Cc1cn(C(=O)OC(C)(C)C)c2ccccc12)NC(=O)OCC1c2ccccc2-c2ccccc21. The number of carbonyl (C=O) groups is 3. The molecule has 49 heavy (non-hydrogen) atoms. The first kappa shape index (κ1) is 33.4. The Labute approximate surface area is 284 Å². The minimum atomic E-state index is -1.08. The molecule has 0 fully saturated rings. The van der Waals surface area contributed by atoms with Gasteiger partial charge in [0, 0.05) is 23.9 Å². The molecule has 2 heterocycles. The Balaban J connectivity index is 1.32. The molecule has 5 aromatic rings. The first-order valence-electron chi connectivity index (χ1n) is 16.5. The number of ether oxygens (including phenoxy) is 2.